The summed E-state index contributed by atoms with van der Waals surface area (Å²) in [6, 6.07) is 20.0. The molecule has 0 aliphatic carbocycles. The van der Waals surface area contributed by atoms with E-state index in [0.717, 1.165) is 4.47 Å². The molecule has 0 spiro atoms. The van der Waals surface area contributed by atoms with Crippen LogP contribution in [-0.2, 0) is 9.59 Å². The topological polar surface area (TPSA) is 116 Å². The van der Waals surface area contributed by atoms with Crippen LogP contribution in [0.2, 0.25) is 0 Å². The Hall–Kier alpha value is -3.94. The molecule has 0 unspecified atom stereocenters. The number of allylic oxidation sites excluding steroid dienone is 2. The zero-order valence-electron chi connectivity index (χ0n) is 20.0. The minimum Gasteiger partial charge on any atom is -0.495 e. The molecule has 1 aromatic heterocycles. The Balaban J connectivity index is 1.59. The number of ether oxygens (including phenoxy) is 1. The van der Waals surface area contributed by atoms with Gasteiger partial charge in [-0.1, -0.05) is 39.8 Å². The molecule has 0 bridgehead atoms. The van der Waals surface area contributed by atoms with Crippen LogP contribution in [0.5, 0.6) is 5.75 Å². The Morgan fingerprint density at radius 1 is 1.14 bits per heavy atom. The fourth-order valence-corrected chi connectivity index (χ4v) is 5.03. The van der Waals surface area contributed by atoms with Gasteiger partial charge in [0.05, 0.1) is 53.0 Å². The minimum absolute atomic E-state index is 0.0600. The van der Waals surface area contributed by atoms with Crippen LogP contribution in [0.4, 0.5) is 11.4 Å². The first-order valence-corrected chi connectivity index (χ1v) is 13.0. The average molecular weight is 579 g/mol. The van der Waals surface area contributed by atoms with E-state index in [-0.39, 0.29) is 17.2 Å². The number of dihydropyridines is 1. The molecule has 3 N–H and O–H groups in total. The number of nitrogens with zero attached hydrogens (tertiary/aromatic N) is 1. The third-order valence-electron chi connectivity index (χ3n) is 5.55. The van der Waals surface area contributed by atoms with Gasteiger partial charge >= 0.3 is 0 Å². The third kappa shape index (κ3) is 6.07. The van der Waals surface area contributed by atoms with E-state index in [1.165, 1.54) is 25.1 Å². The smallest absolute Gasteiger partial charge is 0.254 e. The van der Waals surface area contributed by atoms with Gasteiger partial charge in [-0.3, -0.25) is 9.59 Å². The summed E-state index contributed by atoms with van der Waals surface area (Å²) < 4.78 is 11.9. The Bertz CT molecular complexity index is 1410. The van der Waals surface area contributed by atoms with Gasteiger partial charge in [-0.15, -0.1) is 0 Å². The number of carbonyl (C=O) groups excluding carboxylic acids is 2. The number of thioether (sulfide) groups is 1. The predicted octanol–water partition coefficient (Wildman–Crippen LogP) is 5.76. The number of halogens is 1. The summed E-state index contributed by atoms with van der Waals surface area (Å²) in [6.45, 7) is 1.75. The van der Waals surface area contributed by atoms with Crippen LogP contribution < -0.4 is 20.7 Å². The molecule has 0 radical (unpaired) electrons. The van der Waals surface area contributed by atoms with E-state index in [1.807, 2.05) is 12.1 Å². The lowest BCUT2D eigenvalue weighted by molar-refractivity contribution is -0.114. The zero-order valence-corrected chi connectivity index (χ0v) is 22.4. The number of hydrogen-bond donors (Lipinski definition) is 3. The molecule has 10 heteroatoms. The summed E-state index contributed by atoms with van der Waals surface area (Å²) >= 11 is 4.55. The number of benzene rings is 2. The molecule has 1 aliphatic rings. The molecule has 1 aliphatic heterocycles. The third-order valence-corrected chi connectivity index (χ3v) is 7.10. The maximum atomic E-state index is 13.5. The van der Waals surface area contributed by atoms with Gasteiger partial charge in [-0.2, -0.15) is 5.26 Å². The van der Waals surface area contributed by atoms with E-state index in [4.69, 9.17) is 9.15 Å². The molecule has 37 heavy (non-hydrogen) atoms. The van der Waals surface area contributed by atoms with Crippen LogP contribution in [-0.4, -0.2) is 24.7 Å². The molecular weight excluding hydrogens is 556 g/mol. The van der Waals surface area contributed by atoms with Crippen molar-refractivity contribution in [3.63, 3.8) is 0 Å². The summed E-state index contributed by atoms with van der Waals surface area (Å²) in [4.78, 5) is 26.1. The highest BCUT2D eigenvalue weighted by molar-refractivity contribution is 9.10. The first-order chi connectivity index (χ1) is 17.9. The Kier molecular flexibility index (Phi) is 8.38. The molecule has 2 amide bonds. The second-order valence-corrected chi connectivity index (χ2v) is 9.87. The van der Waals surface area contributed by atoms with E-state index in [2.05, 4.69) is 37.9 Å². The summed E-state index contributed by atoms with van der Waals surface area (Å²) in [5.41, 5.74) is 2.33. The Morgan fingerprint density at radius 2 is 1.89 bits per heavy atom. The van der Waals surface area contributed by atoms with Gasteiger partial charge < -0.3 is 25.1 Å². The van der Waals surface area contributed by atoms with Crippen molar-refractivity contribution in [1.82, 2.24) is 5.32 Å². The molecule has 1 atom stereocenters. The van der Waals surface area contributed by atoms with E-state index < -0.39 is 11.8 Å². The number of para-hydroxylation sites is 2. The molecule has 2 heterocycles. The van der Waals surface area contributed by atoms with Crippen LogP contribution in [0.25, 0.3) is 0 Å². The average Bonchev–Trinajstić information content (AvgIpc) is 3.43. The second kappa shape index (κ2) is 11.9. The van der Waals surface area contributed by atoms with E-state index >= 15 is 0 Å². The van der Waals surface area contributed by atoms with Crippen LogP contribution in [0.1, 0.15) is 18.6 Å². The van der Waals surface area contributed by atoms with Crippen molar-refractivity contribution in [2.45, 2.75) is 12.8 Å². The minimum atomic E-state index is -0.756. The highest BCUT2D eigenvalue weighted by Crippen LogP contribution is 2.41. The normalized spacial score (nSPS) is 15.0. The first kappa shape index (κ1) is 26.1. The standard InChI is InChI=1S/C27H23BrN4O4S/c1-16-24(26(34)32-20-6-3-4-7-21(20)35-2)25(22-8-5-13-36-22)19(14-29)27(30-16)37-15-23(33)31-18-11-9-17(28)10-12-18/h3-13,25,30H,15H2,1-2H3,(H,31,33)(H,32,34)/t25-/m0/s1. The van der Waals surface area contributed by atoms with Crippen LogP contribution in [0.15, 0.2) is 97.7 Å². The highest BCUT2D eigenvalue weighted by Gasteiger charge is 2.36. The van der Waals surface area contributed by atoms with Crippen LogP contribution in [0.3, 0.4) is 0 Å². The second-order valence-electron chi connectivity index (χ2n) is 7.96. The van der Waals surface area contributed by atoms with Gasteiger partial charge in [0.25, 0.3) is 5.91 Å². The number of methoxy groups -OCH3 is 1. The van der Waals surface area contributed by atoms with E-state index in [9.17, 15) is 14.9 Å². The summed E-state index contributed by atoms with van der Waals surface area (Å²) in [7, 11) is 1.52. The molecule has 4 rings (SSSR count). The van der Waals surface area contributed by atoms with Crippen molar-refractivity contribution in [3.05, 3.63) is 99.0 Å². The lowest BCUT2D eigenvalue weighted by atomic mass is 9.85. The number of rotatable bonds is 8. The van der Waals surface area contributed by atoms with Gasteiger partial charge in [-0.05, 0) is 55.5 Å². The van der Waals surface area contributed by atoms with Crippen LogP contribution in [0, 0.1) is 11.3 Å². The molecule has 0 fully saturated rings. The first-order valence-electron chi connectivity index (χ1n) is 11.2. The molecule has 3 aromatic rings. The number of hydrogen-bond acceptors (Lipinski definition) is 7. The SMILES string of the molecule is COc1ccccc1NC(=O)C1=C(C)NC(SCC(=O)Nc2ccc(Br)cc2)=C(C#N)[C@H]1c1ccco1. The van der Waals surface area contributed by atoms with Crippen molar-refractivity contribution >= 4 is 50.9 Å². The van der Waals surface area contributed by atoms with Crippen molar-refractivity contribution in [2.24, 2.45) is 0 Å². The quantitative estimate of drug-likeness (QED) is 0.311. The molecule has 0 saturated carbocycles. The predicted molar refractivity (Wildman–Crippen MR) is 147 cm³/mol. The summed E-state index contributed by atoms with van der Waals surface area (Å²) in [5, 5.41) is 19.5. The fourth-order valence-electron chi connectivity index (χ4n) is 3.87. The number of anilines is 2. The lowest BCUT2D eigenvalue weighted by Gasteiger charge is -2.28. The van der Waals surface area contributed by atoms with Gasteiger partial charge in [0.1, 0.15) is 11.5 Å². The number of amides is 2. The lowest BCUT2D eigenvalue weighted by Crippen LogP contribution is -2.31. The maximum Gasteiger partial charge on any atom is 0.254 e. The van der Waals surface area contributed by atoms with Gasteiger partial charge in [0.2, 0.25) is 5.91 Å². The molecule has 188 valence electrons. The monoisotopic (exact) mass is 578 g/mol. The molecule has 2 aromatic carbocycles. The molecular formula is C27H23BrN4O4S. The van der Waals surface area contributed by atoms with Crippen LogP contribution >= 0.6 is 27.7 Å². The number of furan rings is 1. The number of nitriles is 1. The van der Waals surface area contributed by atoms with Crippen molar-refractivity contribution in [1.29, 1.82) is 5.26 Å². The van der Waals surface area contributed by atoms with Gasteiger partial charge in [0.15, 0.2) is 0 Å². The van der Waals surface area contributed by atoms with Gasteiger partial charge in [-0.25, -0.2) is 0 Å². The van der Waals surface area contributed by atoms with Crippen molar-refractivity contribution in [3.8, 4) is 11.8 Å². The summed E-state index contributed by atoms with van der Waals surface area (Å²) in [5.74, 6) is -0.371. The van der Waals surface area contributed by atoms with Crippen molar-refractivity contribution in [2.75, 3.05) is 23.5 Å². The zero-order chi connectivity index (χ0) is 26.4. The number of nitrogens with one attached hydrogen (secondary N) is 3. The van der Waals surface area contributed by atoms with E-state index in [0.29, 0.717) is 39.2 Å². The fraction of sp³-hybridized carbons (Fsp3) is 0.148. The summed E-state index contributed by atoms with van der Waals surface area (Å²) in [6.07, 6.45) is 1.50. The molecule has 8 nitrogen and oxygen atoms in total. The highest BCUT2D eigenvalue weighted by atomic mass is 79.9. The Labute approximate surface area is 226 Å². The Morgan fingerprint density at radius 3 is 2.57 bits per heavy atom. The number of carbonyl (C=O) groups is 2. The van der Waals surface area contributed by atoms with E-state index in [1.54, 1.807) is 55.5 Å². The molecule has 0 saturated heterocycles. The van der Waals surface area contributed by atoms with Gasteiger partial charge in [0, 0.05) is 15.9 Å². The van der Waals surface area contributed by atoms with Crippen molar-refractivity contribution < 1.29 is 18.7 Å². The maximum absolute atomic E-state index is 13.5. The largest absolute Gasteiger partial charge is 0.495 e.